The maximum absolute atomic E-state index is 12.9. The van der Waals surface area contributed by atoms with Gasteiger partial charge in [0.25, 0.3) is 5.91 Å². The molecular formula is C21H23NO5. The average molecular weight is 369 g/mol. The first kappa shape index (κ1) is 18.8. The van der Waals surface area contributed by atoms with Gasteiger partial charge in [-0.3, -0.25) is 4.79 Å². The number of anilines is 1. The van der Waals surface area contributed by atoms with Crippen molar-refractivity contribution in [2.24, 2.45) is 0 Å². The van der Waals surface area contributed by atoms with Crippen molar-refractivity contribution in [1.29, 1.82) is 0 Å². The van der Waals surface area contributed by atoms with Gasteiger partial charge in [-0.05, 0) is 44.0 Å². The molecule has 2 aromatic carbocycles. The molecule has 0 saturated carbocycles. The third-order valence-corrected chi connectivity index (χ3v) is 4.66. The molecule has 0 aliphatic carbocycles. The Kier molecular flexibility index (Phi) is 5.35. The van der Waals surface area contributed by atoms with Crippen LogP contribution in [0.3, 0.4) is 0 Å². The third kappa shape index (κ3) is 3.74. The van der Waals surface area contributed by atoms with Gasteiger partial charge in [-0.2, -0.15) is 0 Å². The van der Waals surface area contributed by atoms with Crippen LogP contribution in [-0.2, 0) is 16.0 Å². The van der Waals surface area contributed by atoms with Crippen molar-refractivity contribution < 1.29 is 23.8 Å². The molecule has 2 aromatic rings. The monoisotopic (exact) mass is 369 g/mol. The van der Waals surface area contributed by atoms with Gasteiger partial charge in [-0.25, -0.2) is 4.79 Å². The maximum atomic E-state index is 12.9. The summed E-state index contributed by atoms with van der Waals surface area (Å²) in [6.07, 6.45) is -0.126. The van der Waals surface area contributed by atoms with Gasteiger partial charge in [0.1, 0.15) is 11.5 Å². The maximum Gasteiger partial charge on any atom is 0.339 e. The van der Waals surface area contributed by atoms with E-state index in [-0.39, 0.29) is 17.5 Å². The summed E-state index contributed by atoms with van der Waals surface area (Å²) in [6, 6.07) is 12.6. The molecule has 1 heterocycles. The molecule has 0 spiro atoms. The summed E-state index contributed by atoms with van der Waals surface area (Å²) in [4.78, 5) is 27.2. The molecule has 142 valence electrons. The molecule has 2 atom stereocenters. The standard InChI is InChI=1S/C21H23NO5/c1-13-9-15-7-5-6-8-19(15)22(13)20(23)14(2)27-21(24)16-10-17(25-3)12-18(11-16)26-4/h5-8,10-14H,9H2,1-4H3/t13-,14+/m0/s1. The van der Waals surface area contributed by atoms with Crippen LogP contribution >= 0.6 is 0 Å². The van der Waals surface area contributed by atoms with E-state index >= 15 is 0 Å². The lowest BCUT2D eigenvalue weighted by Crippen LogP contribution is -2.43. The molecule has 1 aliphatic heterocycles. The lowest BCUT2D eigenvalue weighted by Gasteiger charge is -2.26. The van der Waals surface area contributed by atoms with E-state index in [9.17, 15) is 9.59 Å². The number of hydrogen-bond donors (Lipinski definition) is 0. The minimum absolute atomic E-state index is 0.0213. The lowest BCUT2D eigenvalue weighted by molar-refractivity contribution is -0.126. The van der Waals surface area contributed by atoms with Crippen LogP contribution in [-0.4, -0.2) is 38.2 Å². The Morgan fingerprint density at radius 3 is 2.33 bits per heavy atom. The number of rotatable bonds is 5. The molecular weight excluding hydrogens is 346 g/mol. The second kappa shape index (κ2) is 7.70. The van der Waals surface area contributed by atoms with Crippen LogP contribution in [0.2, 0.25) is 0 Å². The number of esters is 1. The summed E-state index contributed by atoms with van der Waals surface area (Å²) < 4.78 is 15.8. The van der Waals surface area contributed by atoms with Crippen LogP contribution in [0.1, 0.15) is 29.8 Å². The summed E-state index contributed by atoms with van der Waals surface area (Å²) >= 11 is 0. The largest absolute Gasteiger partial charge is 0.497 e. The fourth-order valence-electron chi connectivity index (χ4n) is 3.30. The van der Waals surface area contributed by atoms with Crippen LogP contribution in [0.15, 0.2) is 42.5 Å². The summed E-state index contributed by atoms with van der Waals surface area (Å²) in [6.45, 7) is 3.57. The number of ether oxygens (including phenoxy) is 3. The van der Waals surface area contributed by atoms with Gasteiger partial charge in [0.05, 0.1) is 19.8 Å². The zero-order valence-electron chi connectivity index (χ0n) is 15.9. The minimum Gasteiger partial charge on any atom is -0.497 e. The Hall–Kier alpha value is -3.02. The highest BCUT2D eigenvalue weighted by molar-refractivity contribution is 6.01. The predicted molar refractivity (Wildman–Crippen MR) is 102 cm³/mol. The molecule has 0 aromatic heterocycles. The van der Waals surface area contributed by atoms with E-state index < -0.39 is 12.1 Å². The Bertz CT molecular complexity index is 841. The first-order valence-electron chi connectivity index (χ1n) is 8.79. The summed E-state index contributed by atoms with van der Waals surface area (Å²) in [5.74, 6) is 0.105. The summed E-state index contributed by atoms with van der Waals surface area (Å²) in [5.41, 5.74) is 2.26. The smallest absolute Gasteiger partial charge is 0.339 e. The molecule has 0 bridgehead atoms. The van der Waals surface area contributed by atoms with Crippen molar-refractivity contribution in [3.63, 3.8) is 0 Å². The van der Waals surface area contributed by atoms with Gasteiger partial charge in [0.15, 0.2) is 6.10 Å². The van der Waals surface area contributed by atoms with E-state index in [1.807, 2.05) is 31.2 Å². The molecule has 0 fully saturated rings. The van der Waals surface area contributed by atoms with Crippen LogP contribution in [0.5, 0.6) is 11.5 Å². The second-order valence-electron chi connectivity index (χ2n) is 6.54. The Morgan fingerprint density at radius 2 is 1.70 bits per heavy atom. The molecule has 0 radical (unpaired) electrons. The third-order valence-electron chi connectivity index (χ3n) is 4.66. The number of carbonyl (C=O) groups excluding carboxylic acids is 2. The number of nitrogens with zero attached hydrogens (tertiary/aromatic N) is 1. The fourth-order valence-corrected chi connectivity index (χ4v) is 3.30. The Morgan fingerprint density at radius 1 is 1.07 bits per heavy atom. The Balaban J connectivity index is 1.76. The van der Waals surface area contributed by atoms with Crippen molar-refractivity contribution in [3.8, 4) is 11.5 Å². The molecule has 1 aliphatic rings. The van der Waals surface area contributed by atoms with Gasteiger partial charge in [-0.1, -0.05) is 18.2 Å². The van der Waals surface area contributed by atoms with E-state index in [0.717, 1.165) is 17.7 Å². The quantitative estimate of drug-likeness (QED) is 0.757. The van der Waals surface area contributed by atoms with E-state index in [2.05, 4.69) is 0 Å². The Labute approximate surface area is 158 Å². The zero-order chi connectivity index (χ0) is 19.6. The average Bonchev–Trinajstić information content (AvgIpc) is 3.02. The number of fused-ring (bicyclic) bond motifs is 1. The van der Waals surface area contributed by atoms with Crippen molar-refractivity contribution in [1.82, 2.24) is 0 Å². The fraction of sp³-hybridized carbons (Fsp3) is 0.333. The van der Waals surface area contributed by atoms with E-state index in [1.54, 1.807) is 30.0 Å². The van der Waals surface area contributed by atoms with Crippen LogP contribution < -0.4 is 14.4 Å². The van der Waals surface area contributed by atoms with E-state index in [4.69, 9.17) is 14.2 Å². The van der Waals surface area contributed by atoms with E-state index in [1.165, 1.54) is 14.2 Å². The summed E-state index contributed by atoms with van der Waals surface area (Å²) in [5, 5.41) is 0. The van der Waals surface area contributed by atoms with Crippen molar-refractivity contribution in [2.75, 3.05) is 19.1 Å². The SMILES string of the molecule is COc1cc(OC)cc(C(=O)O[C@H](C)C(=O)N2c3ccccc3C[C@@H]2C)c1. The topological polar surface area (TPSA) is 65.1 Å². The molecule has 0 saturated heterocycles. The van der Waals surface area contributed by atoms with Gasteiger partial charge >= 0.3 is 5.97 Å². The van der Waals surface area contributed by atoms with Crippen molar-refractivity contribution in [2.45, 2.75) is 32.4 Å². The molecule has 6 nitrogen and oxygen atoms in total. The molecule has 0 N–H and O–H groups in total. The minimum atomic E-state index is -0.914. The van der Waals surface area contributed by atoms with Crippen LogP contribution in [0.4, 0.5) is 5.69 Å². The zero-order valence-corrected chi connectivity index (χ0v) is 15.9. The highest BCUT2D eigenvalue weighted by atomic mass is 16.5. The number of benzene rings is 2. The number of hydrogen-bond acceptors (Lipinski definition) is 5. The van der Waals surface area contributed by atoms with Gasteiger partial charge in [0, 0.05) is 17.8 Å². The van der Waals surface area contributed by atoms with Gasteiger partial charge < -0.3 is 19.1 Å². The van der Waals surface area contributed by atoms with Gasteiger partial charge in [-0.15, -0.1) is 0 Å². The number of para-hydroxylation sites is 1. The highest BCUT2D eigenvalue weighted by Gasteiger charge is 2.34. The van der Waals surface area contributed by atoms with Gasteiger partial charge in [0.2, 0.25) is 0 Å². The molecule has 27 heavy (non-hydrogen) atoms. The van der Waals surface area contributed by atoms with E-state index in [0.29, 0.717) is 11.5 Å². The molecule has 0 unspecified atom stereocenters. The predicted octanol–water partition coefficient (Wildman–Crippen LogP) is 3.23. The highest BCUT2D eigenvalue weighted by Crippen LogP contribution is 2.32. The molecule has 6 heteroatoms. The lowest BCUT2D eigenvalue weighted by atomic mass is 10.1. The van der Waals surface area contributed by atoms with Crippen LogP contribution in [0, 0.1) is 0 Å². The second-order valence-corrected chi connectivity index (χ2v) is 6.54. The first-order valence-corrected chi connectivity index (χ1v) is 8.79. The van der Waals surface area contributed by atoms with Crippen molar-refractivity contribution in [3.05, 3.63) is 53.6 Å². The van der Waals surface area contributed by atoms with Crippen molar-refractivity contribution >= 4 is 17.6 Å². The first-order chi connectivity index (χ1) is 12.9. The molecule has 3 rings (SSSR count). The number of methoxy groups -OCH3 is 2. The molecule has 1 amide bonds. The normalized spacial score (nSPS) is 16.4. The van der Waals surface area contributed by atoms with Crippen LogP contribution in [0.25, 0.3) is 0 Å². The number of carbonyl (C=O) groups is 2. The summed E-state index contributed by atoms with van der Waals surface area (Å²) in [7, 11) is 3.00. The number of amides is 1.